The summed E-state index contributed by atoms with van der Waals surface area (Å²) in [5.74, 6) is 0.0529. The SMILES string of the molecule is O=C(Nc1cccc(Oc2ccc3nc(NC(=O)C4CCNC4)cn3n2)c1)c1cccc(C(F)(F)F)c1. The number of amides is 2. The van der Waals surface area contributed by atoms with Crippen LogP contribution in [0, 0.1) is 5.92 Å². The maximum absolute atomic E-state index is 13.0. The van der Waals surface area contributed by atoms with Crippen molar-refractivity contribution in [3.05, 3.63) is 78.0 Å². The molecule has 1 unspecified atom stereocenters. The summed E-state index contributed by atoms with van der Waals surface area (Å²) in [6, 6.07) is 13.8. The lowest BCUT2D eigenvalue weighted by atomic mass is 10.1. The zero-order valence-electron chi connectivity index (χ0n) is 19.2. The minimum Gasteiger partial charge on any atom is -0.438 e. The van der Waals surface area contributed by atoms with E-state index >= 15 is 0 Å². The van der Waals surface area contributed by atoms with Crippen LogP contribution in [0.2, 0.25) is 0 Å². The van der Waals surface area contributed by atoms with E-state index in [1.165, 1.54) is 22.7 Å². The Kier molecular flexibility index (Phi) is 6.49. The van der Waals surface area contributed by atoms with Gasteiger partial charge in [-0.05, 0) is 49.4 Å². The molecule has 0 aliphatic carbocycles. The van der Waals surface area contributed by atoms with E-state index in [1.807, 2.05) is 0 Å². The summed E-state index contributed by atoms with van der Waals surface area (Å²) in [5, 5.41) is 12.9. The third-order valence-corrected chi connectivity index (χ3v) is 5.74. The van der Waals surface area contributed by atoms with E-state index in [4.69, 9.17) is 4.74 Å². The molecule has 5 rings (SSSR count). The Hall–Kier alpha value is -4.45. The quantitative estimate of drug-likeness (QED) is 0.356. The zero-order valence-corrected chi connectivity index (χ0v) is 19.2. The molecule has 37 heavy (non-hydrogen) atoms. The number of nitrogens with one attached hydrogen (secondary N) is 3. The molecule has 2 aromatic heterocycles. The van der Waals surface area contributed by atoms with Gasteiger partial charge in [0, 0.05) is 29.9 Å². The molecule has 190 valence electrons. The van der Waals surface area contributed by atoms with Gasteiger partial charge in [-0.1, -0.05) is 12.1 Å². The van der Waals surface area contributed by atoms with E-state index in [0.717, 1.165) is 25.1 Å². The van der Waals surface area contributed by atoms with Gasteiger partial charge in [-0.25, -0.2) is 9.50 Å². The molecule has 2 amide bonds. The minimum absolute atomic E-state index is 0.0991. The largest absolute Gasteiger partial charge is 0.438 e. The third kappa shape index (κ3) is 5.70. The van der Waals surface area contributed by atoms with Crippen molar-refractivity contribution in [3.63, 3.8) is 0 Å². The van der Waals surface area contributed by atoms with Gasteiger partial charge in [0.25, 0.3) is 5.91 Å². The van der Waals surface area contributed by atoms with Crippen molar-refractivity contribution in [1.29, 1.82) is 0 Å². The normalized spacial score (nSPS) is 15.5. The molecule has 1 atom stereocenters. The molecule has 12 heteroatoms. The number of imidazole rings is 1. The number of hydrogen-bond donors (Lipinski definition) is 3. The second-order valence-corrected chi connectivity index (χ2v) is 8.44. The molecular weight excluding hydrogens is 489 g/mol. The highest BCUT2D eigenvalue weighted by molar-refractivity contribution is 6.04. The summed E-state index contributed by atoms with van der Waals surface area (Å²) >= 11 is 0. The third-order valence-electron chi connectivity index (χ3n) is 5.74. The number of aromatic nitrogens is 3. The number of carbonyl (C=O) groups is 2. The van der Waals surface area contributed by atoms with Crippen LogP contribution in [0.25, 0.3) is 5.65 Å². The molecule has 2 aromatic carbocycles. The minimum atomic E-state index is -4.55. The van der Waals surface area contributed by atoms with Crippen molar-refractivity contribution in [3.8, 4) is 11.6 Å². The van der Waals surface area contributed by atoms with E-state index in [9.17, 15) is 22.8 Å². The first-order valence-corrected chi connectivity index (χ1v) is 11.4. The van der Waals surface area contributed by atoms with E-state index in [2.05, 4.69) is 26.0 Å². The van der Waals surface area contributed by atoms with Crippen LogP contribution in [0.1, 0.15) is 22.3 Å². The molecule has 3 heterocycles. The second-order valence-electron chi connectivity index (χ2n) is 8.44. The molecule has 1 aliphatic rings. The summed E-state index contributed by atoms with van der Waals surface area (Å²) < 4.78 is 46.1. The first-order valence-electron chi connectivity index (χ1n) is 11.4. The predicted octanol–water partition coefficient (Wildman–Crippen LogP) is 4.34. The number of anilines is 2. The highest BCUT2D eigenvalue weighted by atomic mass is 19.4. The van der Waals surface area contributed by atoms with Crippen molar-refractivity contribution < 1.29 is 27.5 Å². The standard InChI is InChI=1S/C25H21F3N6O3/c26-25(27,28)17-4-1-3-15(11-17)23(35)30-18-5-2-6-19(12-18)37-22-8-7-21-31-20(14-34(21)33-22)32-24(36)16-9-10-29-13-16/h1-8,11-12,14,16,29H,9-10,13H2,(H,30,35)(H,32,36). The molecule has 1 aliphatic heterocycles. The Morgan fingerprint density at radius 2 is 1.89 bits per heavy atom. The number of hydrogen-bond acceptors (Lipinski definition) is 6. The van der Waals surface area contributed by atoms with Gasteiger partial charge >= 0.3 is 6.18 Å². The Morgan fingerprint density at radius 1 is 1.05 bits per heavy atom. The van der Waals surface area contributed by atoms with E-state index < -0.39 is 17.6 Å². The first-order chi connectivity index (χ1) is 17.7. The smallest absolute Gasteiger partial charge is 0.416 e. The van der Waals surface area contributed by atoms with Crippen LogP contribution in [0.5, 0.6) is 11.6 Å². The van der Waals surface area contributed by atoms with E-state index in [0.29, 0.717) is 29.4 Å². The lowest BCUT2D eigenvalue weighted by Gasteiger charge is -2.10. The van der Waals surface area contributed by atoms with Crippen LogP contribution in [-0.4, -0.2) is 39.5 Å². The molecule has 9 nitrogen and oxygen atoms in total. The van der Waals surface area contributed by atoms with Crippen molar-refractivity contribution in [2.45, 2.75) is 12.6 Å². The van der Waals surface area contributed by atoms with Crippen LogP contribution in [0.3, 0.4) is 0 Å². The Labute approximate surface area is 208 Å². The monoisotopic (exact) mass is 510 g/mol. The number of halogens is 3. The molecule has 0 radical (unpaired) electrons. The number of ether oxygens (including phenoxy) is 1. The van der Waals surface area contributed by atoms with Crippen molar-refractivity contribution in [2.75, 3.05) is 23.7 Å². The lowest BCUT2D eigenvalue weighted by molar-refractivity contribution is -0.137. The topological polar surface area (TPSA) is 110 Å². The molecule has 0 spiro atoms. The molecule has 0 bridgehead atoms. The summed E-state index contributed by atoms with van der Waals surface area (Å²) in [5.41, 5.74) is -0.193. The lowest BCUT2D eigenvalue weighted by Crippen LogP contribution is -2.24. The van der Waals surface area contributed by atoms with Crippen LogP contribution >= 0.6 is 0 Å². The van der Waals surface area contributed by atoms with Crippen LogP contribution in [0.4, 0.5) is 24.7 Å². The van der Waals surface area contributed by atoms with Gasteiger partial charge in [0.2, 0.25) is 11.8 Å². The van der Waals surface area contributed by atoms with Crippen LogP contribution in [-0.2, 0) is 11.0 Å². The van der Waals surface area contributed by atoms with Crippen LogP contribution < -0.4 is 20.7 Å². The second kappa shape index (κ2) is 9.90. The highest BCUT2D eigenvalue weighted by Gasteiger charge is 2.31. The molecule has 4 aromatic rings. The van der Waals surface area contributed by atoms with Crippen molar-refractivity contribution >= 4 is 29.0 Å². The Bertz CT molecular complexity index is 1460. The van der Waals surface area contributed by atoms with Gasteiger partial charge in [-0.3, -0.25) is 9.59 Å². The molecule has 1 saturated heterocycles. The summed E-state index contributed by atoms with van der Waals surface area (Å²) in [6.45, 7) is 1.44. The van der Waals surface area contributed by atoms with Crippen molar-refractivity contribution in [1.82, 2.24) is 19.9 Å². The summed E-state index contributed by atoms with van der Waals surface area (Å²) in [7, 11) is 0. The molecule has 1 fully saturated rings. The average Bonchev–Trinajstić information content (AvgIpc) is 3.54. The maximum Gasteiger partial charge on any atom is 0.416 e. The van der Waals surface area contributed by atoms with E-state index in [1.54, 1.807) is 36.5 Å². The fourth-order valence-corrected chi connectivity index (χ4v) is 3.88. The highest BCUT2D eigenvalue weighted by Crippen LogP contribution is 2.30. The van der Waals surface area contributed by atoms with Crippen molar-refractivity contribution in [2.24, 2.45) is 5.92 Å². The fourth-order valence-electron chi connectivity index (χ4n) is 3.88. The fraction of sp³-hybridized carbons (Fsp3) is 0.200. The number of fused-ring (bicyclic) bond motifs is 1. The Morgan fingerprint density at radius 3 is 2.68 bits per heavy atom. The number of nitrogens with zero attached hydrogens (tertiary/aromatic N) is 3. The van der Waals surface area contributed by atoms with Gasteiger partial charge in [0.1, 0.15) is 5.75 Å². The Balaban J connectivity index is 1.26. The molecular formula is C25H21F3N6O3. The number of carbonyl (C=O) groups excluding carboxylic acids is 2. The summed E-state index contributed by atoms with van der Waals surface area (Å²) in [4.78, 5) is 29.2. The number of benzene rings is 2. The van der Waals surface area contributed by atoms with Gasteiger partial charge in [-0.15, -0.1) is 5.10 Å². The van der Waals surface area contributed by atoms with Gasteiger partial charge in [0.15, 0.2) is 11.5 Å². The molecule has 0 saturated carbocycles. The maximum atomic E-state index is 13.0. The average molecular weight is 510 g/mol. The predicted molar refractivity (Wildman–Crippen MR) is 129 cm³/mol. The number of alkyl halides is 3. The van der Waals surface area contributed by atoms with Gasteiger partial charge in [-0.2, -0.15) is 13.2 Å². The zero-order chi connectivity index (χ0) is 26.0. The van der Waals surface area contributed by atoms with Gasteiger partial charge < -0.3 is 20.7 Å². The first kappa shape index (κ1) is 24.3. The van der Waals surface area contributed by atoms with Crippen LogP contribution in [0.15, 0.2) is 66.9 Å². The number of rotatable bonds is 6. The summed E-state index contributed by atoms with van der Waals surface area (Å²) in [6.07, 6.45) is -2.20. The van der Waals surface area contributed by atoms with Gasteiger partial charge in [0.05, 0.1) is 17.7 Å². The molecule has 3 N–H and O–H groups in total. The van der Waals surface area contributed by atoms with E-state index in [-0.39, 0.29) is 23.3 Å².